The molecule has 3 aliphatic rings. The minimum atomic E-state index is -0.600. The Labute approximate surface area is 137 Å². The van der Waals surface area contributed by atoms with Crippen molar-refractivity contribution in [1.82, 2.24) is 9.80 Å². The lowest BCUT2D eigenvalue weighted by Crippen LogP contribution is -2.69. The molecule has 4 atom stereocenters. The number of carbonyl (C=O) groups is 2. The molecule has 1 aliphatic heterocycles. The summed E-state index contributed by atoms with van der Waals surface area (Å²) in [6.07, 6.45) is 4.32. The van der Waals surface area contributed by atoms with E-state index < -0.39 is 12.1 Å². The van der Waals surface area contributed by atoms with Crippen LogP contribution in [0.1, 0.15) is 46.0 Å². The van der Waals surface area contributed by atoms with E-state index in [9.17, 15) is 14.7 Å². The number of nitrogens with zero attached hydrogens (tertiary/aromatic N) is 2. The highest BCUT2D eigenvalue weighted by Gasteiger charge is 2.61. The van der Waals surface area contributed by atoms with E-state index in [0.717, 1.165) is 19.3 Å². The van der Waals surface area contributed by atoms with Gasteiger partial charge in [0, 0.05) is 45.0 Å². The zero-order chi connectivity index (χ0) is 16.8. The molecule has 0 bridgehead atoms. The zero-order valence-electron chi connectivity index (χ0n) is 14.3. The van der Waals surface area contributed by atoms with E-state index in [4.69, 9.17) is 4.74 Å². The molecule has 6 heteroatoms. The Balaban J connectivity index is 1.69. The summed E-state index contributed by atoms with van der Waals surface area (Å²) in [5, 5.41) is 9.85. The van der Waals surface area contributed by atoms with Crippen molar-refractivity contribution in [2.45, 2.75) is 70.2 Å². The van der Waals surface area contributed by atoms with Gasteiger partial charge in [0.1, 0.15) is 6.04 Å². The number of hydrogen-bond acceptors (Lipinski definition) is 4. The lowest BCUT2D eigenvalue weighted by molar-refractivity contribution is -0.204. The number of carbonyl (C=O) groups excluding carboxylic acids is 2. The van der Waals surface area contributed by atoms with E-state index in [0.29, 0.717) is 13.0 Å². The molecule has 0 unspecified atom stereocenters. The fraction of sp³-hybridized carbons (Fsp3) is 0.882. The summed E-state index contributed by atoms with van der Waals surface area (Å²) in [7, 11) is 1.85. The predicted molar refractivity (Wildman–Crippen MR) is 84.7 cm³/mol. The maximum absolute atomic E-state index is 12.9. The summed E-state index contributed by atoms with van der Waals surface area (Å²) in [5.74, 6) is -0.185. The molecular formula is C17H28N2O4. The molecular weight excluding hydrogens is 296 g/mol. The van der Waals surface area contributed by atoms with Crippen molar-refractivity contribution in [3.8, 4) is 0 Å². The van der Waals surface area contributed by atoms with Crippen LogP contribution in [0.2, 0.25) is 0 Å². The van der Waals surface area contributed by atoms with Crippen LogP contribution in [-0.4, -0.2) is 71.2 Å². The summed E-state index contributed by atoms with van der Waals surface area (Å²) in [6.45, 7) is 4.44. The molecule has 3 fully saturated rings. The molecule has 0 aromatic heterocycles. The first-order valence-corrected chi connectivity index (χ1v) is 8.74. The van der Waals surface area contributed by atoms with Gasteiger partial charge in [0.05, 0.1) is 12.2 Å². The van der Waals surface area contributed by atoms with Gasteiger partial charge >= 0.3 is 0 Å². The number of likely N-dealkylation sites (N-methyl/N-ethyl adjacent to an activating group) is 1. The van der Waals surface area contributed by atoms with Crippen LogP contribution >= 0.6 is 0 Å². The Kier molecular flexibility index (Phi) is 4.40. The van der Waals surface area contributed by atoms with Gasteiger partial charge in [-0.05, 0) is 26.2 Å². The van der Waals surface area contributed by atoms with Crippen molar-refractivity contribution >= 4 is 11.8 Å². The second-order valence-corrected chi connectivity index (χ2v) is 7.31. The van der Waals surface area contributed by atoms with E-state index in [1.54, 1.807) is 0 Å². The minimum absolute atomic E-state index is 0.0389. The van der Waals surface area contributed by atoms with Gasteiger partial charge < -0.3 is 19.6 Å². The predicted octanol–water partition coefficient (Wildman–Crippen LogP) is 0.774. The third-order valence-electron chi connectivity index (χ3n) is 6.18. The molecule has 23 heavy (non-hydrogen) atoms. The number of likely N-dealkylation sites (tertiary alicyclic amines) is 1. The fourth-order valence-electron chi connectivity index (χ4n) is 4.73. The van der Waals surface area contributed by atoms with Crippen molar-refractivity contribution in [2.24, 2.45) is 5.41 Å². The highest BCUT2D eigenvalue weighted by atomic mass is 16.5. The third kappa shape index (κ3) is 2.56. The second kappa shape index (κ2) is 6.06. The summed E-state index contributed by atoms with van der Waals surface area (Å²) < 4.78 is 5.86. The van der Waals surface area contributed by atoms with E-state index in [-0.39, 0.29) is 35.9 Å². The number of ether oxygens (including phenoxy) is 1. The average molecular weight is 324 g/mol. The number of rotatable bonds is 4. The van der Waals surface area contributed by atoms with Crippen LogP contribution in [0.4, 0.5) is 0 Å². The highest BCUT2D eigenvalue weighted by molar-refractivity contribution is 5.88. The van der Waals surface area contributed by atoms with Crippen LogP contribution < -0.4 is 0 Å². The zero-order valence-corrected chi connectivity index (χ0v) is 14.3. The fourth-order valence-corrected chi connectivity index (χ4v) is 4.73. The molecule has 2 aliphatic carbocycles. The van der Waals surface area contributed by atoms with E-state index in [2.05, 4.69) is 0 Å². The first-order chi connectivity index (χ1) is 10.9. The van der Waals surface area contributed by atoms with Crippen LogP contribution in [0.3, 0.4) is 0 Å². The number of aliphatic hydroxyl groups excluding tert-OH is 1. The monoisotopic (exact) mass is 324 g/mol. The molecule has 3 rings (SSSR count). The molecule has 0 radical (unpaired) electrons. The Hall–Kier alpha value is -1.14. The quantitative estimate of drug-likeness (QED) is 0.829. The highest BCUT2D eigenvalue weighted by Crippen LogP contribution is 2.59. The van der Waals surface area contributed by atoms with Crippen molar-refractivity contribution in [3.63, 3.8) is 0 Å². The van der Waals surface area contributed by atoms with Gasteiger partial charge in [-0.25, -0.2) is 0 Å². The molecule has 1 saturated heterocycles. The Morgan fingerprint density at radius 3 is 2.57 bits per heavy atom. The van der Waals surface area contributed by atoms with Crippen molar-refractivity contribution in [3.05, 3.63) is 0 Å². The molecule has 0 aromatic carbocycles. The Bertz CT molecular complexity index is 491. The van der Waals surface area contributed by atoms with Crippen molar-refractivity contribution < 1.29 is 19.4 Å². The number of amides is 2. The van der Waals surface area contributed by atoms with Crippen molar-refractivity contribution in [2.75, 3.05) is 20.2 Å². The Morgan fingerprint density at radius 1 is 1.35 bits per heavy atom. The maximum Gasteiger partial charge on any atom is 0.245 e. The van der Waals surface area contributed by atoms with Crippen LogP contribution in [-0.2, 0) is 14.3 Å². The third-order valence-corrected chi connectivity index (χ3v) is 6.18. The first kappa shape index (κ1) is 16.7. The van der Waals surface area contributed by atoms with Gasteiger partial charge in [-0.2, -0.15) is 0 Å². The Morgan fingerprint density at radius 2 is 2.04 bits per heavy atom. The van der Waals surface area contributed by atoms with Gasteiger partial charge in [0.15, 0.2) is 0 Å². The molecule has 1 heterocycles. The lowest BCUT2D eigenvalue weighted by atomic mass is 9.50. The van der Waals surface area contributed by atoms with Crippen LogP contribution in [0.5, 0.6) is 0 Å². The van der Waals surface area contributed by atoms with Crippen LogP contribution in [0, 0.1) is 5.41 Å². The van der Waals surface area contributed by atoms with Gasteiger partial charge in [-0.3, -0.25) is 9.59 Å². The van der Waals surface area contributed by atoms with Gasteiger partial charge in [-0.15, -0.1) is 0 Å². The second-order valence-electron chi connectivity index (χ2n) is 7.31. The van der Waals surface area contributed by atoms with Crippen LogP contribution in [0.15, 0.2) is 0 Å². The molecule has 0 aromatic rings. The first-order valence-electron chi connectivity index (χ1n) is 8.74. The summed E-state index contributed by atoms with van der Waals surface area (Å²) in [5.41, 5.74) is 0.124. The van der Waals surface area contributed by atoms with Gasteiger partial charge in [-0.1, -0.05) is 6.42 Å². The summed E-state index contributed by atoms with van der Waals surface area (Å²) >= 11 is 0. The molecule has 6 nitrogen and oxygen atoms in total. The smallest absolute Gasteiger partial charge is 0.245 e. The van der Waals surface area contributed by atoms with E-state index in [1.165, 1.54) is 18.2 Å². The van der Waals surface area contributed by atoms with Crippen molar-refractivity contribution in [1.29, 1.82) is 0 Å². The lowest BCUT2D eigenvalue weighted by Gasteiger charge is -2.63. The average Bonchev–Trinajstić information content (AvgIpc) is 2.82. The standard InChI is InChI=1S/C17H28N2O4/c1-4-23-15-9-14(17(15)6-5-7-17)18(3)16(22)13-8-12(21)10-19(13)11(2)20/h12-15,21H,4-10H2,1-3H3/t12-,13+,14-,15+/m0/s1. The maximum atomic E-state index is 12.9. The number of aliphatic hydroxyl groups is 1. The molecule has 2 saturated carbocycles. The summed E-state index contributed by atoms with van der Waals surface area (Å²) in [6, 6.07) is -0.317. The van der Waals surface area contributed by atoms with Crippen LogP contribution in [0.25, 0.3) is 0 Å². The van der Waals surface area contributed by atoms with Gasteiger partial charge in [0.25, 0.3) is 0 Å². The number of hydrogen-bond donors (Lipinski definition) is 1. The van der Waals surface area contributed by atoms with E-state index in [1.807, 2.05) is 18.9 Å². The summed E-state index contributed by atoms with van der Waals surface area (Å²) in [4.78, 5) is 28.0. The molecule has 1 spiro atoms. The minimum Gasteiger partial charge on any atom is -0.391 e. The molecule has 1 N–H and O–H groups in total. The van der Waals surface area contributed by atoms with Gasteiger partial charge in [0.2, 0.25) is 11.8 Å². The largest absolute Gasteiger partial charge is 0.391 e. The molecule has 130 valence electrons. The normalized spacial score (nSPS) is 34.9. The number of β-amino-alcohol motifs (C(OH)–C–C–N with tert-alkyl or cyclic N) is 1. The van der Waals surface area contributed by atoms with E-state index >= 15 is 0 Å². The SMILES string of the molecule is CCO[C@@H]1C[C@H](N(C)C(=O)[C@H]2C[C@H](O)CN2C(C)=O)C12CCC2. The molecule has 2 amide bonds. The topological polar surface area (TPSA) is 70.1 Å².